The van der Waals surface area contributed by atoms with Crippen molar-refractivity contribution in [2.24, 2.45) is 0 Å². The molecule has 72 valence electrons. The van der Waals surface area contributed by atoms with Crippen LogP contribution < -0.4 is 0 Å². The fraction of sp³-hybridized carbons (Fsp3) is 0.455. The molecule has 1 aliphatic rings. The molecule has 0 bridgehead atoms. The van der Waals surface area contributed by atoms with E-state index in [1.54, 1.807) is 0 Å². The van der Waals surface area contributed by atoms with Crippen LogP contribution in [0.1, 0.15) is 31.4 Å². The van der Waals surface area contributed by atoms with E-state index in [1.165, 1.54) is 6.07 Å². The van der Waals surface area contributed by atoms with E-state index in [9.17, 15) is 8.78 Å². The van der Waals surface area contributed by atoms with E-state index >= 15 is 0 Å². The van der Waals surface area contributed by atoms with Gasteiger partial charge in [0.2, 0.25) is 0 Å². The highest BCUT2D eigenvalue weighted by Gasteiger charge is 2.15. The predicted molar refractivity (Wildman–Crippen MR) is 49.7 cm³/mol. The first kappa shape index (κ1) is 10.2. The number of rotatable bonds is 0. The molecule has 2 rings (SSSR count). The molecule has 0 fully saturated rings. The summed E-state index contributed by atoms with van der Waals surface area (Å²) in [6.07, 6.45) is 2.54. The summed E-state index contributed by atoms with van der Waals surface area (Å²) in [6.45, 7) is 4.00. The van der Waals surface area contributed by atoms with Crippen LogP contribution in [0, 0.1) is 11.6 Å². The van der Waals surface area contributed by atoms with Gasteiger partial charge in [-0.15, -0.1) is 0 Å². The van der Waals surface area contributed by atoms with Crippen LogP contribution in [0.5, 0.6) is 0 Å². The Morgan fingerprint density at radius 3 is 2.46 bits per heavy atom. The maximum absolute atomic E-state index is 12.9. The van der Waals surface area contributed by atoms with Crippen molar-refractivity contribution in [1.29, 1.82) is 0 Å². The van der Waals surface area contributed by atoms with Gasteiger partial charge < -0.3 is 0 Å². The van der Waals surface area contributed by atoms with E-state index in [1.807, 2.05) is 13.8 Å². The van der Waals surface area contributed by atoms with Gasteiger partial charge in [0.05, 0.1) is 0 Å². The Balaban J connectivity index is 0.000000396. The summed E-state index contributed by atoms with van der Waals surface area (Å²) in [5, 5.41) is 0. The van der Waals surface area contributed by atoms with Gasteiger partial charge in [-0.2, -0.15) is 0 Å². The summed E-state index contributed by atoms with van der Waals surface area (Å²) < 4.78 is 25.5. The summed E-state index contributed by atoms with van der Waals surface area (Å²) in [6, 6.07) is 2.40. The van der Waals surface area contributed by atoms with Gasteiger partial charge in [0.25, 0.3) is 0 Å². The van der Waals surface area contributed by atoms with Crippen LogP contribution in [0.3, 0.4) is 0 Å². The van der Waals surface area contributed by atoms with Crippen LogP contribution in [0.25, 0.3) is 0 Å². The van der Waals surface area contributed by atoms with Gasteiger partial charge in [-0.1, -0.05) is 13.8 Å². The average Bonchev–Trinajstić information content (AvgIpc) is 2.55. The molecule has 0 spiro atoms. The predicted octanol–water partition coefficient (Wildman–Crippen LogP) is 3.48. The van der Waals surface area contributed by atoms with Crippen molar-refractivity contribution in [2.75, 3.05) is 0 Å². The zero-order valence-electron chi connectivity index (χ0n) is 8.03. The lowest BCUT2D eigenvalue weighted by molar-refractivity contribution is 0.574. The maximum Gasteiger partial charge on any atom is 0.129 e. The fourth-order valence-corrected chi connectivity index (χ4v) is 1.62. The molecule has 1 aliphatic carbocycles. The van der Waals surface area contributed by atoms with Crippen LogP contribution in [-0.4, -0.2) is 0 Å². The molecule has 0 nitrogen and oxygen atoms in total. The minimum absolute atomic E-state index is 0.377. The highest BCUT2D eigenvalue weighted by atomic mass is 19.1. The van der Waals surface area contributed by atoms with Crippen LogP contribution in [-0.2, 0) is 12.8 Å². The first-order valence-corrected chi connectivity index (χ1v) is 4.74. The second-order valence-electron chi connectivity index (χ2n) is 2.88. The molecule has 0 amide bonds. The molecule has 1 aromatic carbocycles. The third-order valence-corrected chi connectivity index (χ3v) is 2.13. The molecule has 0 saturated carbocycles. The highest BCUT2D eigenvalue weighted by Crippen LogP contribution is 2.25. The van der Waals surface area contributed by atoms with E-state index in [-0.39, 0.29) is 5.82 Å². The van der Waals surface area contributed by atoms with E-state index < -0.39 is 5.82 Å². The minimum Gasteiger partial charge on any atom is -0.207 e. The van der Waals surface area contributed by atoms with Crippen molar-refractivity contribution in [1.82, 2.24) is 0 Å². The Morgan fingerprint density at radius 1 is 1.08 bits per heavy atom. The molecular weight excluding hydrogens is 170 g/mol. The van der Waals surface area contributed by atoms with Gasteiger partial charge in [0.1, 0.15) is 11.6 Å². The molecule has 0 aromatic heterocycles. The van der Waals surface area contributed by atoms with Crippen molar-refractivity contribution in [3.05, 3.63) is 34.9 Å². The quantitative estimate of drug-likeness (QED) is 0.579. The van der Waals surface area contributed by atoms with Crippen molar-refractivity contribution in [3.63, 3.8) is 0 Å². The Labute approximate surface area is 77.6 Å². The zero-order chi connectivity index (χ0) is 9.84. The van der Waals surface area contributed by atoms with E-state index in [0.717, 1.165) is 30.9 Å². The largest absolute Gasteiger partial charge is 0.207 e. The lowest BCUT2D eigenvalue weighted by atomic mass is 10.1. The van der Waals surface area contributed by atoms with E-state index in [2.05, 4.69) is 0 Å². The van der Waals surface area contributed by atoms with Crippen molar-refractivity contribution in [3.8, 4) is 0 Å². The van der Waals surface area contributed by atoms with Crippen LogP contribution in [0.15, 0.2) is 12.1 Å². The summed E-state index contributed by atoms with van der Waals surface area (Å²) >= 11 is 0. The molecule has 2 heteroatoms. The Hall–Kier alpha value is -0.920. The number of hydrogen-bond donors (Lipinski definition) is 0. The minimum atomic E-state index is -0.455. The second-order valence-corrected chi connectivity index (χ2v) is 2.88. The number of halogens is 2. The normalized spacial score (nSPS) is 13.2. The standard InChI is InChI=1S/C9H8F2.C2H6/c10-7-4-6-2-1-3-8(6)9(11)5-7;1-2/h4-5H,1-3H2;1-2H3. The topological polar surface area (TPSA) is 0 Å². The summed E-state index contributed by atoms with van der Waals surface area (Å²) in [7, 11) is 0. The number of fused-ring (bicyclic) bond motifs is 1. The lowest BCUT2D eigenvalue weighted by Crippen LogP contribution is -1.90. The number of hydrogen-bond acceptors (Lipinski definition) is 0. The smallest absolute Gasteiger partial charge is 0.129 e. The molecule has 0 unspecified atom stereocenters. The maximum atomic E-state index is 12.9. The number of benzene rings is 1. The summed E-state index contributed by atoms with van der Waals surface area (Å²) in [5.41, 5.74) is 1.56. The van der Waals surface area contributed by atoms with Gasteiger partial charge in [-0.25, -0.2) is 8.78 Å². The van der Waals surface area contributed by atoms with E-state index in [0.29, 0.717) is 5.56 Å². The Morgan fingerprint density at radius 2 is 1.77 bits per heavy atom. The summed E-state index contributed by atoms with van der Waals surface area (Å²) in [4.78, 5) is 0. The fourth-order valence-electron chi connectivity index (χ4n) is 1.62. The molecular formula is C11H14F2. The van der Waals surface area contributed by atoms with Crippen molar-refractivity contribution in [2.45, 2.75) is 33.1 Å². The van der Waals surface area contributed by atoms with Gasteiger partial charge in [-0.3, -0.25) is 0 Å². The average molecular weight is 184 g/mol. The van der Waals surface area contributed by atoms with Crippen molar-refractivity contribution >= 4 is 0 Å². The lowest BCUT2D eigenvalue weighted by Gasteiger charge is -1.99. The van der Waals surface area contributed by atoms with Crippen molar-refractivity contribution < 1.29 is 8.78 Å². The molecule has 0 saturated heterocycles. The molecule has 0 radical (unpaired) electrons. The SMILES string of the molecule is CC.Fc1cc(F)c2c(c1)CCC2. The third kappa shape index (κ3) is 2.06. The highest BCUT2D eigenvalue weighted by molar-refractivity contribution is 5.32. The first-order valence-electron chi connectivity index (χ1n) is 4.74. The first-order chi connectivity index (χ1) is 6.27. The van der Waals surface area contributed by atoms with Crippen LogP contribution in [0.2, 0.25) is 0 Å². The number of aryl methyl sites for hydroxylation is 1. The van der Waals surface area contributed by atoms with Crippen LogP contribution >= 0.6 is 0 Å². The van der Waals surface area contributed by atoms with Gasteiger partial charge in [-0.05, 0) is 36.5 Å². The van der Waals surface area contributed by atoms with Gasteiger partial charge >= 0.3 is 0 Å². The van der Waals surface area contributed by atoms with Gasteiger partial charge in [0, 0.05) is 6.07 Å². The molecule has 0 N–H and O–H groups in total. The Bertz CT molecular complexity index is 292. The molecule has 1 aromatic rings. The third-order valence-electron chi connectivity index (χ3n) is 2.13. The summed E-state index contributed by atoms with van der Waals surface area (Å²) in [5.74, 6) is -0.833. The monoisotopic (exact) mass is 184 g/mol. The Kier molecular flexibility index (Phi) is 3.40. The molecule has 0 heterocycles. The molecule has 13 heavy (non-hydrogen) atoms. The van der Waals surface area contributed by atoms with Crippen LogP contribution in [0.4, 0.5) is 8.78 Å². The zero-order valence-corrected chi connectivity index (χ0v) is 8.03. The van der Waals surface area contributed by atoms with Gasteiger partial charge in [0.15, 0.2) is 0 Å². The molecule has 0 aliphatic heterocycles. The molecule has 0 atom stereocenters. The van der Waals surface area contributed by atoms with E-state index in [4.69, 9.17) is 0 Å². The second kappa shape index (κ2) is 4.35.